The molecule has 2 aromatic heterocycles. The molecule has 1 atom stereocenters. The van der Waals surface area contributed by atoms with Crippen LogP contribution >= 0.6 is 0 Å². The van der Waals surface area contributed by atoms with Gasteiger partial charge in [-0.15, -0.1) is 0 Å². The molecule has 10 heteroatoms. The second-order valence-corrected chi connectivity index (χ2v) is 6.93. The minimum atomic E-state index is -1.25. The number of nitrogens with one attached hydrogen (secondary N) is 2. The molecule has 4 N–H and O–H groups in total. The van der Waals surface area contributed by atoms with Gasteiger partial charge in [-0.2, -0.15) is 0 Å². The summed E-state index contributed by atoms with van der Waals surface area (Å²) in [6.45, 7) is 2.22. The van der Waals surface area contributed by atoms with Gasteiger partial charge in [0, 0.05) is 25.6 Å². The summed E-state index contributed by atoms with van der Waals surface area (Å²) in [6, 6.07) is 4.30. The first-order valence-corrected chi connectivity index (χ1v) is 9.75. The third-order valence-electron chi connectivity index (χ3n) is 4.57. The Morgan fingerprint density at radius 3 is 2.57 bits per heavy atom. The predicted molar refractivity (Wildman–Crippen MR) is 107 cm³/mol. The van der Waals surface area contributed by atoms with E-state index in [1.54, 1.807) is 17.5 Å². The van der Waals surface area contributed by atoms with Crippen LogP contribution in [0.25, 0.3) is 5.65 Å². The molecule has 30 heavy (non-hydrogen) atoms. The van der Waals surface area contributed by atoms with Gasteiger partial charge in [-0.3, -0.25) is 18.8 Å². The highest BCUT2D eigenvalue weighted by atomic mass is 16.4. The number of carboxylic acid groups (broad SMARTS) is 2. The quantitative estimate of drug-likeness (QED) is 0.380. The second-order valence-electron chi connectivity index (χ2n) is 6.93. The van der Waals surface area contributed by atoms with E-state index in [1.165, 1.54) is 0 Å². The average molecular weight is 418 g/mol. The van der Waals surface area contributed by atoms with E-state index in [0.29, 0.717) is 42.8 Å². The van der Waals surface area contributed by atoms with Crippen LogP contribution in [-0.2, 0) is 14.4 Å². The Kier molecular flexibility index (Phi) is 8.33. The summed E-state index contributed by atoms with van der Waals surface area (Å²) in [4.78, 5) is 50.3. The lowest BCUT2D eigenvalue weighted by Crippen LogP contribution is -2.41. The molecule has 0 aliphatic rings. The molecule has 0 aliphatic heterocycles. The zero-order chi connectivity index (χ0) is 22.1. The van der Waals surface area contributed by atoms with Crippen LogP contribution in [0.2, 0.25) is 0 Å². The molecule has 0 bridgehead atoms. The van der Waals surface area contributed by atoms with Crippen molar-refractivity contribution in [3.8, 4) is 0 Å². The first-order valence-electron chi connectivity index (χ1n) is 9.75. The number of aliphatic carboxylic acids is 2. The minimum absolute atomic E-state index is 0.136. The topological polar surface area (TPSA) is 150 Å². The van der Waals surface area contributed by atoms with Gasteiger partial charge in [-0.25, -0.2) is 9.78 Å². The number of imidazole rings is 1. The van der Waals surface area contributed by atoms with Crippen LogP contribution < -0.4 is 10.6 Å². The molecule has 0 spiro atoms. The molecule has 10 nitrogen and oxygen atoms in total. The first kappa shape index (κ1) is 22.9. The molecule has 0 aliphatic carbocycles. The number of hydrogen-bond acceptors (Lipinski definition) is 5. The maximum atomic E-state index is 12.4. The van der Waals surface area contributed by atoms with Gasteiger partial charge in [0.1, 0.15) is 17.4 Å². The number of hydrogen-bond donors (Lipinski definition) is 4. The minimum Gasteiger partial charge on any atom is -0.481 e. The van der Waals surface area contributed by atoms with Gasteiger partial charge in [0.15, 0.2) is 0 Å². The van der Waals surface area contributed by atoms with Crippen molar-refractivity contribution in [3.05, 3.63) is 35.8 Å². The van der Waals surface area contributed by atoms with Crippen molar-refractivity contribution in [1.29, 1.82) is 0 Å². The van der Waals surface area contributed by atoms with Crippen LogP contribution in [0, 0.1) is 6.92 Å². The van der Waals surface area contributed by atoms with Gasteiger partial charge in [-0.1, -0.05) is 12.5 Å². The predicted octanol–water partition coefficient (Wildman–Crippen LogP) is 1.37. The SMILES string of the molecule is Cc1nc2ccccn2c1C(=O)NCCCCCC(=O)NC(CCC(=O)O)C(=O)O. The number of rotatable bonds is 12. The maximum Gasteiger partial charge on any atom is 0.326 e. The fourth-order valence-electron chi connectivity index (χ4n) is 3.05. The average Bonchev–Trinajstić information content (AvgIpc) is 3.02. The van der Waals surface area contributed by atoms with Crippen LogP contribution in [0.4, 0.5) is 0 Å². The lowest BCUT2D eigenvalue weighted by Gasteiger charge is -2.13. The van der Waals surface area contributed by atoms with E-state index in [2.05, 4.69) is 15.6 Å². The lowest BCUT2D eigenvalue weighted by molar-refractivity contribution is -0.143. The van der Waals surface area contributed by atoms with Crippen molar-refractivity contribution >= 4 is 29.4 Å². The second kappa shape index (κ2) is 10.9. The van der Waals surface area contributed by atoms with Crippen LogP contribution in [-0.4, -0.2) is 55.9 Å². The van der Waals surface area contributed by atoms with Crippen LogP contribution in [0.15, 0.2) is 24.4 Å². The zero-order valence-electron chi connectivity index (χ0n) is 16.8. The summed E-state index contributed by atoms with van der Waals surface area (Å²) in [5.74, 6) is -3.02. The summed E-state index contributed by atoms with van der Waals surface area (Å²) in [7, 11) is 0. The molecular formula is C20H26N4O6. The Hall–Kier alpha value is -3.43. The normalized spacial score (nSPS) is 11.8. The van der Waals surface area contributed by atoms with Crippen molar-refractivity contribution in [1.82, 2.24) is 20.0 Å². The molecule has 2 heterocycles. The van der Waals surface area contributed by atoms with Crippen LogP contribution in [0.3, 0.4) is 0 Å². The summed E-state index contributed by atoms with van der Waals surface area (Å²) < 4.78 is 1.73. The van der Waals surface area contributed by atoms with Gasteiger partial charge in [0.2, 0.25) is 5.91 Å². The number of unbranched alkanes of at least 4 members (excludes halogenated alkanes) is 2. The first-order chi connectivity index (χ1) is 14.3. The number of carboxylic acids is 2. The highest BCUT2D eigenvalue weighted by molar-refractivity contribution is 5.94. The molecule has 162 valence electrons. The molecular weight excluding hydrogens is 392 g/mol. The Morgan fingerprint density at radius 2 is 1.87 bits per heavy atom. The molecule has 2 aromatic rings. The van der Waals surface area contributed by atoms with Crippen LogP contribution in [0.5, 0.6) is 0 Å². The highest BCUT2D eigenvalue weighted by Gasteiger charge is 2.20. The third-order valence-corrected chi connectivity index (χ3v) is 4.57. The number of pyridine rings is 1. The van der Waals surface area contributed by atoms with Gasteiger partial charge in [-0.05, 0) is 38.3 Å². The van der Waals surface area contributed by atoms with Crippen molar-refractivity contribution in [2.45, 2.75) is 51.5 Å². The molecule has 0 fully saturated rings. The van der Waals surface area contributed by atoms with E-state index in [0.717, 1.165) is 0 Å². The molecule has 0 saturated heterocycles. The van der Waals surface area contributed by atoms with E-state index < -0.39 is 23.9 Å². The standard InChI is InChI=1S/C20H26N4O6/c1-13-18(24-12-6-4-7-15(24)22-13)19(28)21-11-5-2-3-8-16(25)23-14(20(29)30)9-10-17(26)27/h4,6-7,12,14H,2-3,5,8-11H2,1H3,(H,21,28)(H,23,25)(H,26,27)(H,29,30). The summed E-state index contributed by atoms with van der Waals surface area (Å²) in [5, 5.41) is 22.9. The zero-order valence-corrected chi connectivity index (χ0v) is 16.8. The van der Waals surface area contributed by atoms with Crippen molar-refractivity contribution in [2.24, 2.45) is 0 Å². The Morgan fingerprint density at radius 1 is 1.10 bits per heavy atom. The molecule has 2 rings (SSSR count). The number of carbonyl (C=O) groups is 4. The number of aromatic nitrogens is 2. The summed E-state index contributed by atoms with van der Waals surface area (Å²) in [6.07, 6.45) is 3.29. The number of carbonyl (C=O) groups excluding carboxylic acids is 2. The van der Waals surface area contributed by atoms with E-state index in [9.17, 15) is 19.2 Å². The van der Waals surface area contributed by atoms with E-state index in [-0.39, 0.29) is 25.2 Å². The van der Waals surface area contributed by atoms with Gasteiger partial charge in [0.05, 0.1) is 5.69 Å². The molecule has 0 radical (unpaired) electrons. The van der Waals surface area contributed by atoms with Gasteiger partial charge < -0.3 is 20.8 Å². The molecule has 0 saturated carbocycles. The van der Waals surface area contributed by atoms with Crippen molar-refractivity contribution in [2.75, 3.05) is 6.54 Å². The molecule has 0 aromatic carbocycles. The third kappa shape index (κ3) is 6.57. The number of fused-ring (bicyclic) bond motifs is 1. The summed E-state index contributed by atoms with van der Waals surface area (Å²) in [5.41, 5.74) is 1.84. The van der Waals surface area contributed by atoms with Crippen molar-refractivity contribution < 1.29 is 29.4 Å². The van der Waals surface area contributed by atoms with Gasteiger partial charge >= 0.3 is 11.9 Å². The van der Waals surface area contributed by atoms with E-state index >= 15 is 0 Å². The van der Waals surface area contributed by atoms with Crippen molar-refractivity contribution in [3.63, 3.8) is 0 Å². The molecule has 2 amide bonds. The summed E-state index contributed by atoms with van der Waals surface area (Å²) >= 11 is 0. The fraction of sp³-hybridized carbons (Fsp3) is 0.450. The smallest absolute Gasteiger partial charge is 0.326 e. The Labute approximate surface area is 173 Å². The molecule has 1 unspecified atom stereocenters. The Balaban J connectivity index is 1.68. The number of nitrogens with zero attached hydrogens (tertiary/aromatic N) is 2. The lowest BCUT2D eigenvalue weighted by atomic mass is 10.1. The van der Waals surface area contributed by atoms with Gasteiger partial charge in [0.25, 0.3) is 5.91 Å². The van der Waals surface area contributed by atoms with E-state index in [4.69, 9.17) is 10.2 Å². The van der Waals surface area contributed by atoms with E-state index in [1.807, 2.05) is 18.2 Å². The Bertz CT molecular complexity index is 923. The number of amides is 2. The monoisotopic (exact) mass is 418 g/mol. The maximum absolute atomic E-state index is 12.4. The van der Waals surface area contributed by atoms with Crippen LogP contribution in [0.1, 0.15) is 54.7 Å². The fourth-order valence-corrected chi connectivity index (χ4v) is 3.05. The highest BCUT2D eigenvalue weighted by Crippen LogP contribution is 2.11. The largest absolute Gasteiger partial charge is 0.481 e. The number of aryl methyl sites for hydroxylation is 1.